The number of aliphatic hydroxyl groups excluding tert-OH is 1. The molecule has 70 valence electrons. The minimum Gasteiger partial charge on any atom is -0.396 e. The standard InChI is InChI=1S/C9H18N2O/c1-3-11(5-4-6-12)8-9(2)7-10/h9,12H,3-6,8H2,1-2H3. The second-order valence-electron chi connectivity index (χ2n) is 3.00. The molecule has 0 aliphatic heterocycles. The van der Waals surface area contributed by atoms with E-state index in [1.165, 1.54) is 0 Å². The average Bonchev–Trinajstić information content (AvgIpc) is 2.11. The van der Waals surface area contributed by atoms with Crippen LogP contribution in [0.5, 0.6) is 0 Å². The summed E-state index contributed by atoms with van der Waals surface area (Å²) in [5, 5.41) is 17.2. The van der Waals surface area contributed by atoms with E-state index < -0.39 is 0 Å². The predicted octanol–water partition coefficient (Wildman–Crippen LogP) is 0.850. The number of rotatable bonds is 6. The van der Waals surface area contributed by atoms with Crippen molar-refractivity contribution in [2.24, 2.45) is 5.92 Å². The summed E-state index contributed by atoms with van der Waals surface area (Å²) < 4.78 is 0. The van der Waals surface area contributed by atoms with Gasteiger partial charge in [-0.05, 0) is 19.9 Å². The van der Waals surface area contributed by atoms with Crippen molar-refractivity contribution < 1.29 is 5.11 Å². The molecule has 0 bridgehead atoms. The van der Waals surface area contributed by atoms with E-state index in [-0.39, 0.29) is 12.5 Å². The van der Waals surface area contributed by atoms with Crippen molar-refractivity contribution in [3.63, 3.8) is 0 Å². The van der Waals surface area contributed by atoms with Gasteiger partial charge < -0.3 is 10.0 Å². The van der Waals surface area contributed by atoms with Gasteiger partial charge in [-0.2, -0.15) is 5.26 Å². The van der Waals surface area contributed by atoms with Gasteiger partial charge in [-0.25, -0.2) is 0 Å². The zero-order valence-electron chi connectivity index (χ0n) is 7.95. The minimum atomic E-state index is 0.0867. The van der Waals surface area contributed by atoms with E-state index in [9.17, 15) is 0 Å². The molecule has 12 heavy (non-hydrogen) atoms. The predicted molar refractivity (Wildman–Crippen MR) is 48.6 cm³/mol. The summed E-state index contributed by atoms with van der Waals surface area (Å²) in [6.07, 6.45) is 0.798. The van der Waals surface area contributed by atoms with Crippen LogP contribution in [-0.4, -0.2) is 36.2 Å². The molecule has 1 N–H and O–H groups in total. The van der Waals surface area contributed by atoms with Crippen LogP contribution >= 0.6 is 0 Å². The highest BCUT2D eigenvalue weighted by atomic mass is 16.3. The van der Waals surface area contributed by atoms with Crippen LogP contribution in [0.4, 0.5) is 0 Å². The molecular formula is C9H18N2O. The van der Waals surface area contributed by atoms with Crippen molar-refractivity contribution in [2.45, 2.75) is 20.3 Å². The van der Waals surface area contributed by atoms with Crippen molar-refractivity contribution in [1.29, 1.82) is 5.26 Å². The third-order valence-electron chi connectivity index (χ3n) is 1.83. The molecule has 1 atom stereocenters. The highest BCUT2D eigenvalue weighted by Gasteiger charge is 2.06. The highest BCUT2D eigenvalue weighted by Crippen LogP contribution is 1.98. The maximum Gasteiger partial charge on any atom is 0.0666 e. The van der Waals surface area contributed by atoms with E-state index >= 15 is 0 Å². The molecule has 0 aromatic heterocycles. The van der Waals surface area contributed by atoms with Gasteiger partial charge >= 0.3 is 0 Å². The third kappa shape index (κ3) is 5.11. The fourth-order valence-corrected chi connectivity index (χ4v) is 1.10. The summed E-state index contributed by atoms with van der Waals surface area (Å²) in [6.45, 7) is 6.87. The quantitative estimate of drug-likeness (QED) is 0.643. The smallest absolute Gasteiger partial charge is 0.0666 e. The first kappa shape index (κ1) is 11.4. The molecule has 0 amide bonds. The Morgan fingerprint density at radius 1 is 1.58 bits per heavy atom. The van der Waals surface area contributed by atoms with Crippen LogP contribution in [0, 0.1) is 17.2 Å². The maximum atomic E-state index is 8.61. The van der Waals surface area contributed by atoms with E-state index in [2.05, 4.69) is 17.9 Å². The molecule has 3 heteroatoms. The first-order valence-electron chi connectivity index (χ1n) is 4.47. The molecule has 3 nitrogen and oxygen atoms in total. The number of aliphatic hydroxyl groups is 1. The molecule has 1 unspecified atom stereocenters. The van der Waals surface area contributed by atoms with Gasteiger partial charge in [0.2, 0.25) is 0 Å². The van der Waals surface area contributed by atoms with Gasteiger partial charge in [0.25, 0.3) is 0 Å². The van der Waals surface area contributed by atoms with Crippen molar-refractivity contribution in [1.82, 2.24) is 4.90 Å². The summed E-state index contributed by atoms with van der Waals surface area (Å²) in [6, 6.07) is 2.20. The highest BCUT2D eigenvalue weighted by molar-refractivity contribution is 4.81. The van der Waals surface area contributed by atoms with Crippen LogP contribution in [0.15, 0.2) is 0 Å². The van der Waals surface area contributed by atoms with Crippen LogP contribution in [0.25, 0.3) is 0 Å². The topological polar surface area (TPSA) is 47.3 Å². The van der Waals surface area contributed by atoms with E-state index in [1.54, 1.807) is 0 Å². The summed E-state index contributed by atoms with van der Waals surface area (Å²) in [7, 11) is 0. The minimum absolute atomic E-state index is 0.0867. The second kappa shape index (κ2) is 7.08. The third-order valence-corrected chi connectivity index (χ3v) is 1.83. The molecule has 0 radical (unpaired) electrons. The van der Waals surface area contributed by atoms with Crippen molar-refractivity contribution in [3.8, 4) is 6.07 Å². The van der Waals surface area contributed by atoms with Crippen LogP contribution in [0.1, 0.15) is 20.3 Å². The summed E-state index contributed by atoms with van der Waals surface area (Å²) in [5.41, 5.74) is 0. The van der Waals surface area contributed by atoms with Gasteiger partial charge in [0.15, 0.2) is 0 Å². The van der Waals surface area contributed by atoms with Crippen LogP contribution < -0.4 is 0 Å². The van der Waals surface area contributed by atoms with Gasteiger partial charge in [0.1, 0.15) is 0 Å². The van der Waals surface area contributed by atoms with Gasteiger partial charge in [-0.1, -0.05) is 6.92 Å². The number of hydrogen-bond acceptors (Lipinski definition) is 3. The van der Waals surface area contributed by atoms with Gasteiger partial charge in [0, 0.05) is 19.7 Å². The molecule has 0 aromatic carbocycles. The Hall–Kier alpha value is -0.590. The molecule has 0 saturated carbocycles. The average molecular weight is 170 g/mol. The Kier molecular flexibility index (Phi) is 6.73. The Balaban J connectivity index is 3.60. The first-order valence-corrected chi connectivity index (χ1v) is 4.47. The molecule has 0 fully saturated rings. The normalized spacial score (nSPS) is 12.9. The molecule has 0 saturated heterocycles. The molecule has 0 rings (SSSR count). The Bertz CT molecular complexity index is 142. The van der Waals surface area contributed by atoms with Crippen LogP contribution in [0.3, 0.4) is 0 Å². The van der Waals surface area contributed by atoms with Crippen molar-refractivity contribution >= 4 is 0 Å². The lowest BCUT2D eigenvalue weighted by atomic mass is 10.2. The Morgan fingerprint density at radius 2 is 2.25 bits per heavy atom. The molecule has 0 heterocycles. The molecule has 0 aliphatic rings. The van der Waals surface area contributed by atoms with E-state index in [0.717, 1.165) is 26.1 Å². The lowest BCUT2D eigenvalue weighted by Gasteiger charge is -2.20. The zero-order valence-corrected chi connectivity index (χ0v) is 7.95. The fourth-order valence-electron chi connectivity index (χ4n) is 1.10. The van der Waals surface area contributed by atoms with E-state index in [4.69, 9.17) is 10.4 Å². The monoisotopic (exact) mass is 170 g/mol. The van der Waals surface area contributed by atoms with Gasteiger partial charge in [-0.15, -0.1) is 0 Å². The Morgan fingerprint density at radius 3 is 2.67 bits per heavy atom. The molecule has 0 aliphatic carbocycles. The number of hydrogen-bond donors (Lipinski definition) is 1. The maximum absolute atomic E-state index is 8.61. The second-order valence-corrected chi connectivity index (χ2v) is 3.00. The van der Waals surface area contributed by atoms with Crippen LogP contribution in [-0.2, 0) is 0 Å². The molecule has 0 aromatic rings. The number of nitrogens with zero attached hydrogens (tertiary/aromatic N) is 2. The van der Waals surface area contributed by atoms with Crippen molar-refractivity contribution in [2.75, 3.05) is 26.2 Å². The lowest BCUT2D eigenvalue weighted by molar-refractivity contribution is 0.221. The summed E-state index contributed by atoms with van der Waals surface area (Å²) >= 11 is 0. The van der Waals surface area contributed by atoms with Gasteiger partial charge in [-0.3, -0.25) is 0 Å². The Labute approximate surface area is 74.6 Å². The molecular weight excluding hydrogens is 152 g/mol. The number of nitriles is 1. The van der Waals surface area contributed by atoms with Crippen LogP contribution in [0.2, 0.25) is 0 Å². The molecule has 0 spiro atoms. The summed E-state index contributed by atoms with van der Waals surface area (Å²) in [4.78, 5) is 2.18. The van der Waals surface area contributed by atoms with E-state index in [0.29, 0.717) is 0 Å². The summed E-state index contributed by atoms with van der Waals surface area (Å²) in [5.74, 6) is 0.0867. The van der Waals surface area contributed by atoms with Gasteiger partial charge in [0.05, 0.1) is 12.0 Å². The lowest BCUT2D eigenvalue weighted by Crippen LogP contribution is -2.29. The largest absolute Gasteiger partial charge is 0.396 e. The van der Waals surface area contributed by atoms with E-state index in [1.807, 2.05) is 6.92 Å². The van der Waals surface area contributed by atoms with Crippen molar-refractivity contribution in [3.05, 3.63) is 0 Å². The fraction of sp³-hybridized carbons (Fsp3) is 0.889. The SMILES string of the molecule is CCN(CCCO)CC(C)C#N. The first-order chi connectivity index (χ1) is 5.74. The zero-order chi connectivity index (χ0) is 9.40.